The van der Waals surface area contributed by atoms with E-state index < -0.39 is 0 Å². The molecule has 0 amide bonds. The number of para-hydroxylation sites is 1. The Bertz CT molecular complexity index is 410. The first kappa shape index (κ1) is 14.2. The van der Waals surface area contributed by atoms with Crippen LogP contribution < -0.4 is 10.6 Å². The molecule has 1 aromatic rings. The Kier molecular flexibility index (Phi) is 5.38. The molecular weight excluding hydrogens is 234 g/mol. The number of hydrogen-bond donors (Lipinski definition) is 2. The Morgan fingerprint density at radius 1 is 1.44 bits per heavy atom. The van der Waals surface area contributed by atoms with Crippen molar-refractivity contribution in [1.82, 2.24) is 0 Å². The largest absolute Gasteiger partial charge is 0.383 e. The predicted molar refractivity (Wildman–Crippen MR) is 72.2 cm³/mol. The predicted octanol–water partition coefficient (Wildman–Crippen LogP) is 2.47. The third-order valence-electron chi connectivity index (χ3n) is 2.40. The minimum absolute atomic E-state index is 0.00516. The van der Waals surface area contributed by atoms with Crippen LogP contribution in [0.1, 0.15) is 13.8 Å². The summed E-state index contributed by atoms with van der Waals surface area (Å²) >= 11 is 0. The maximum absolute atomic E-state index is 11.2. The molecule has 0 aliphatic heterocycles. The maximum atomic E-state index is 11.2. The highest BCUT2D eigenvalue weighted by Crippen LogP contribution is 2.33. The molecule has 2 N–H and O–H groups in total. The van der Waals surface area contributed by atoms with Crippen molar-refractivity contribution in [2.24, 2.45) is 0 Å². The summed E-state index contributed by atoms with van der Waals surface area (Å²) in [5.41, 5.74) is 1.10. The van der Waals surface area contributed by atoms with Gasteiger partial charge >= 0.3 is 5.69 Å². The summed E-state index contributed by atoms with van der Waals surface area (Å²) in [5.74, 6) is 0. The third kappa shape index (κ3) is 3.59. The van der Waals surface area contributed by atoms with Gasteiger partial charge in [-0.2, -0.15) is 0 Å². The van der Waals surface area contributed by atoms with Gasteiger partial charge in [0.1, 0.15) is 11.4 Å². The van der Waals surface area contributed by atoms with E-state index in [2.05, 4.69) is 10.6 Å². The van der Waals surface area contributed by atoms with Crippen LogP contribution in [-0.2, 0) is 4.74 Å². The molecule has 100 valence electrons. The molecule has 0 aliphatic carbocycles. The first-order valence-electron chi connectivity index (χ1n) is 5.86. The second-order valence-electron chi connectivity index (χ2n) is 3.99. The number of nitrogens with one attached hydrogen (secondary N) is 2. The summed E-state index contributed by atoms with van der Waals surface area (Å²) in [7, 11) is 1.60. The van der Waals surface area contributed by atoms with E-state index in [9.17, 15) is 10.1 Å². The molecule has 0 spiro atoms. The number of hydrogen-bond acceptors (Lipinski definition) is 5. The van der Waals surface area contributed by atoms with Crippen molar-refractivity contribution in [3.8, 4) is 0 Å². The quantitative estimate of drug-likeness (QED) is 0.576. The number of rotatable bonds is 7. The van der Waals surface area contributed by atoms with E-state index in [-0.39, 0.29) is 16.7 Å². The van der Waals surface area contributed by atoms with E-state index >= 15 is 0 Å². The van der Waals surface area contributed by atoms with Gasteiger partial charge in [0, 0.05) is 19.7 Å². The molecule has 1 atom stereocenters. The molecule has 18 heavy (non-hydrogen) atoms. The number of methoxy groups -OCH3 is 1. The first-order valence-corrected chi connectivity index (χ1v) is 5.86. The summed E-state index contributed by atoms with van der Waals surface area (Å²) in [6.45, 7) is 4.94. The average molecular weight is 253 g/mol. The molecule has 6 nitrogen and oxygen atoms in total. The van der Waals surface area contributed by atoms with E-state index in [0.717, 1.165) is 0 Å². The third-order valence-corrected chi connectivity index (χ3v) is 2.40. The molecule has 0 radical (unpaired) electrons. The Labute approximate surface area is 106 Å². The lowest BCUT2D eigenvalue weighted by molar-refractivity contribution is -0.383. The van der Waals surface area contributed by atoms with Gasteiger partial charge in [0.25, 0.3) is 0 Å². The highest BCUT2D eigenvalue weighted by atomic mass is 16.6. The van der Waals surface area contributed by atoms with Gasteiger partial charge in [-0.15, -0.1) is 0 Å². The zero-order valence-corrected chi connectivity index (χ0v) is 10.9. The molecule has 0 heterocycles. The van der Waals surface area contributed by atoms with Crippen LogP contribution in [0.15, 0.2) is 18.2 Å². The number of ether oxygens (including phenoxy) is 1. The topological polar surface area (TPSA) is 76.4 Å². The highest BCUT2D eigenvalue weighted by molar-refractivity contribution is 5.76. The van der Waals surface area contributed by atoms with Crippen molar-refractivity contribution in [1.29, 1.82) is 0 Å². The minimum Gasteiger partial charge on any atom is -0.383 e. The van der Waals surface area contributed by atoms with E-state index in [1.807, 2.05) is 13.8 Å². The standard InChI is InChI=1S/C12H19N3O3/c1-4-13-10-6-5-7-11(12(10)15(16)17)14-9(2)8-18-3/h5-7,9,13-14H,4,8H2,1-3H3. The maximum Gasteiger partial charge on any atom is 0.315 e. The lowest BCUT2D eigenvalue weighted by Crippen LogP contribution is -2.21. The molecule has 0 aliphatic rings. The molecule has 1 rings (SSSR count). The van der Waals surface area contributed by atoms with Gasteiger partial charge in [-0.25, -0.2) is 0 Å². The normalized spacial score (nSPS) is 11.9. The Hall–Kier alpha value is -1.82. The van der Waals surface area contributed by atoms with Crippen molar-refractivity contribution in [3.63, 3.8) is 0 Å². The van der Waals surface area contributed by atoms with E-state index in [4.69, 9.17) is 4.74 Å². The van der Waals surface area contributed by atoms with Gasteiger partial charge in [-0.3, -0.25) is 10.1 Å². The van der Waals surface area contributed by atoms with Crippen molar-refractivity contribution in [2.45, 2.75) is 19.9 Å². The molecule has 0 saturated heterocycles. The highest BCUT2D eigenvalue weighted by Gasteiger charge is 2.20. The fourth-order valence-electron chi connectivity index (χ4n) is 1.75. The number of nitrogens with zero attached hydrogens (tertiary/aromatic N) is 1. The second kappa shape index (κ2) is 6.80. The number of anilines is 2. The fourth-order valence-corrected chi connectivity index (χ4v) is 1.75. The van der Waals surface area contributed by atoms with Crippen molar-refractivity contribution >= 4 is 17.1 Å². The molecule has 0 aromatic heterocycles. The van der Waals surface area contributed by atoms with Gasteiger partial charge in [0.2, 0.25) is 0 Å². The summed E-state index contributed by atoms with van der Waals surface area (Å²) in [6, 6.07) is 5.19. The second-order valence-corrected chi connectivity index (χ2v) is 3.99. The van der Waals surface area contributed by atoms with Crippen LogP contribution in [0.2, 0.25) is 0 Å². The molecule has 0 saturated carbocycles. The summed E-state index contributed by atoms with van der Waals surface area (Å²) in [6.07, 6.45) is 0. The molecule has 0 fully saturated rings. The van der Waals surface area contributed by atoms with Crippen LogP contribution in [0.25, 0.3) is 0 Å². The number of benzene rings is 1. The van der Waals surface area contributed by atoms with Crippen LogP contribution >= 0.6 is 0 Å². The zero-order valence-electron chi connectivity index (χ0n) is 10.9. The molecule has 6 heteroatoms. The van der Waals surface area contributed by atoms with Crippen LogP contribution in [-0.4, -0.2) is 31.2 Å². The lowest BCUT2D eigenvalue weighted by Gasteiger charge is -2.15. The van der Waals surface area contributed by atoms with Crippen LogP contribution in [0, 0.1) is 10.1 Å². The molecule has 1 unspecified atom stereocenters. The van der Waals surface area contributed by atoms with Gasteiger partial charge in [0.05, 0.1) is 11.5 Å². The van der Waals surface area contributed by atoms with Crippen LogP contribution in [0.5, 0.6) is 0 Å². The zero-order chi connectivity index (χ0) is 13.5. The fraction of sp³-hybridized carbons (Fsp3) is 0.500. The Balaban J connectivity index is 3.02. The number of nitro benzene ring substituents is 1. The summed E-state index contributed by atoms with van der Waals surface area (Å²) in [5, 5.41) is 17.2. The molecular formula is C12H19N3O3. The van der Waals surface area contributed by atoms with Crippen molar-refractivity contribution in [3.05, 3.63) is 28.3 Å². The Morgan fingerprint density at radius 2 is 2.11 bits per heavy atom. The van der Waals surface area contributed by atoms with E-state index in [0.29, 0.717) is 24.5 Å². The van der Waals surface area contributed by atoms with Gasteiger partial charge in [-0.05, 0) is 26.0 Å². The average Bonchev–Trinajstić information content (AvgIpc) is 2.29. The van der Waals surface area contributed by atoms with Crippen LogP contribution in [0.3, 0.4) is 0 Å². The van der Waals surface area contributed by atoms with Gasteiger partial charge < -0.3 is 15.4 Å². The minimum atomic E-state index is -0.375. The SMILES string of the molecule is CCNc1cccc(NC(C)COC)c1[N+](=O)[O-]. The summed E-state index contributed by atoms with van der Waals surface area (Å²) < 4.78 is 5.01. The van der Waals surface area contributed by atoms with E-state index in [1.165, 1.54) is 0 Å². The molecule has 0 bridgehead atoms. The van der Waals surface area contributed by atoms with E-state index in [1.54, 1.807) is 25.3 Å². The first-order chi connectivity index (χ1) is 8.60. The molecule has 1 aromatic carbocycles. The lowest BCUT2D eigenvalue weighted by atomic mass is 10.2. The van der Waals surface area contributed by atoms with Gasteiger partial charge in [-0.1, -0.05) is 6.07 Å². The van der Waals surface area contributed by atoms with Crippen molar-refractivity contribution < 1.29 is 9.66 Å². The van der Waals surface area contributed by atoms with Crippen molar-refractivity contribution in [2.75, 3.05) is 30.9 Å². The Morgan fingerprint density at radius 3 is 2.67 bits per heavy atom. The number of nitro groups is 1. The van der Waals surface area contributed by atoms with Crippen LogP contribution in [0.4, 0.5) is 17.1 Å². The van der Waals surface area contributed by atoms with Gasteiger partial charge in [0.15, 0.2) is 0 Å². The smallest absolute Gasteiger partial charge is 0.315 e. The summed E-state index contributed by atoms with van der Waals surface area (Å²) in [4.78, 5) is 10.8. The monoisotopic (exact) mass is 253 g/mol.